The monoisotopic (exact) mass is 331 g/mol. The molecule has 0 saturated carbocycles. The molecule has 0 aliphatic rings. The van der Waals surface area contributed by atoms with Crippen molar-refractivity contribution in [3.63, 3.8) is 0 Å². The van der Waals surface area contributed by atoms with Crippen LogP contribution < -0.4 is 5.73 Å². The van der Waals surface area contributed by atoms with E-state index >= 15 is 0 Å². The Morgan fingerprint density at radius 2 is 1.59 bits per heavy atom. The van der Waals surface area contributed by atoms with Gasteiger partial charge in [-0.15, -0.1) is 10.2 Å². The molecule has 0 saturated heterocycles. The molecule has 7 heteroatoms. The lowest BCUT2D eigenvalue weighted by molar-refractivity contribution is 0.995. The second kappa shape index (κ2) is 5.87. The highest BCUT2D eigenvalue weighted by Gasteiger charge is 2.14. The molecule has 2 N–H and O–H groups in total. The Balaban J connectivity index is 2.22. The van der Waals surface area contributed by atoms with Gasteiger partial charge in [0.15, 0.2) is 0 Å². The van der Waals surface area contributed by atoms with E-state index in [1.54, 1.807) is 18.2 Å². The average Bonchev–Trinajstić information content (AvgIpc) is 2.47. The Bertz CT molecular complexity index is 814. The van der Waals surface area contributed by atoms with Gasteiger partial charge >= 0.3 is 0 Å². The fourth-order valence-electron chi connectivity index (χ4n) is 2.11. The van der Waals surface area contributed by atoms with Gasteiger partial charge in [0.1, 0.15) is 16.5 Å². The molecule has 0 spiro atoms. The topological polar surface area (TPSA) is 77.6 Å². The summed E-state index contributed by atoms with van der Waals surface area (Å²) in [5.41, 5.74) is 9.29. The average molecular weight is 332 g/mol. The standard InChI is InChI=1S/C15H11Cl2N5/c1-8-6-10(7-12(17)19-8)14-13(20-15(18)22-21-14)9-2-4-11(16)5-3-9/h2-7H,1H3,(H2,18,20,22). The molecular formula is C15H11Cl2N5. The van der Waals surface area contributed by atoms with Gasteiger partial charge in [0.2, 0.25) is 5.95 Å². The molecule has 0 aliphatic carbocycles. The molecule has 2 aromatic heterocycles. The molecule has 0 fully saturated rings. The van der Waals surface area contributed by atoms with E-state index < -0.39 is 0 Å². The third kappa shape index (κ3) is 3.00. The van der Waals surface area contributed by atoms with Crippen molar-refractivity contribution < 1.29 is 0 Å². The van der Waals surface area contributed by atoms with E-state index in [0.29, 0.717) is 21.6 Å². The van der Waals surface area contributed by atoms with E-state index in [1.807, 2.05) is 25.1 Å². The van der Waals surface area contributed by atoms with Crippen LogP contribution >= 0.6 is 23.2 Å². The molecule has 0 aliphatic heterocycles. The molecule has 1 aromatic carbocycles. The normalized spacial score (nSPS) is 10.7. The van der Waals surface area contributed by atoms with E-state index in [-0.39, 0.29) is 5.95 Å². The summed E-state index contributed by atoms with van der Waals surface area (Å²) in [6, 6.07) is 10.9. The molecule has 0 radical (unpaired) electrons. The largest absolute Gasteiger partial charge is 0.366 e. The molecule has 0 bridgehead atoms. The van der Waals surface area contributed by atoms with Gasteiger partial charge in [-0.2, -0.15) is 0 Å². The van der Waals surface area contributed by atoms with E-state index in [4.69, 9.17) is 28.9 Å². The molecule has 2 heterocycles. The van der Waals surface area contributed by atoms with Crippen LogP contribution in [-0.2, 0) is 0 Å². The van der Waals surface area contributed by atoms with Crippen LogP contribution in [0, 0.1) is 6.92 Å². The zero-order chi connectivity index (χ0) is 15.7. The first-order valence-electron chi connectivity index (χ1n) is 6.43. The number of benzene rings is 1. The number of rotatable bonds is 2. The Labute approximate surface area is 137 Å². The fraction of sp³-hybridized carbons (Fsp3) is 0.0667. The highest BCUT2D eigenvalue weighted by atomic mass is 35.5. The Hall–Kier alpha value is -2.24. The van der Waals surface area contributed by atoms with Crippen LogP contribution in [0.5, 0.6) is 0 Å². The van der Waals surface area contributed by atoms with Crippen molar-refractivity contribution in [2.24, 2.45) is 0 Å². The molecule has 0 unspecified atom stereocenters. The quantitative estimate of drug-likeness (QED) is 0.722. The van der Waals surface area contributed by atoms with Crippen LogP contribution in [0.2, 0.25) is 10.2 Å². The van der Waals surface area contributed by atoms with Crippen LogP contribution in [0.3, 0.4) is 0 Å². The minimum Gasteiger partial charge on any atom is -0.366 e. The Kier molecular flexibility index (Phi) is 3.92. The summed E-state index contributed by atoms with van der Waals surface area (Å²) in [5.74, 6) is 0.102. The van der Waals surface area contributed by atoms with Gasteiger partial charge in [-0.05, 0) is 31.2 Å². The summed E-state index contributed by atoms with van der Waals surface area (Å²) < 4.78 is 0. The Morgan fingerprint density at radius 3 is 2.27 bits per heavy atom. The predicted molar refractivity (Wildman–Crippen MR) is 87.7 cm³/mol. The first-order chi connectivity index (χ1) is 10.5. The Morgan fingerprint density at radius 1 is 0.864 bits per heavy atom. The number of aromatic nitrogens is 4. The van der Waals surface area contributed by atoms with Crippen LogP contribution in [0.1, 0.15) is 5.69 Å². The third-order valence-electron chi connectivity index (χ3n) is 3.02. The van der Waals surface area contributed by atoms with E-state index in [1.165, 1.54) is 0 Å². The number of hydrogen-bond acceptors (Lipinski definition) is 5. The predicted octanol–water partition coefficient (Wildman–Crippen LogP) is 3.80. The van der Waals surface area contributed by atoms with Gasteiger partial charge in [-0.3, -0.25) is 0 Å². The van der Waals surface area contributed by atoms with E-state index in [0.717, 1.165) is 16.8 Å². The summed E-state index contributed by atoms with van der Waals surface area (Å²) in [6.45, 7) is 1.86. The number of halogens is 2. The van der Waals surface area contributed by atoms with Crippen molar-refractivity contribution >= 4 is 29.2 Å². The number of nitrogen functional groups attached to an aromatic ring is 1. The van der Waals surface area contributed by atoms with Crippen molar-refractivity contribution in [2.75, 3.05) is 5.73 Å². The molecule has 3 aromatic rings. The second-order valence-electron chi connectivity index (χ2n) is 4.69. The number of anilines is 1. The third-order valence-corrected chi connectivity index (χ3v) is 3.46. The lowest BCUT2D eigenvalue weighted by Gasteiger charge is -2.09. The number of nitrogens with two attached hydrogens (primary N) is 1. The molecule has 0 amide bonds. The number of pyridine rings is 1. The highest BCUT2D eigenvalue weighted by Crippen LogP contribution is 2.30. The van der Waals surface area contributed by atoms with Crippen molar-refractivity contribution in [3.8, 4) is 22.5 Å². The smallest absolute Gasteiger partial charge is 0.240 e. The number of nitrogens with zero attached hydrogens (tertiary/aromatic N) is 4. The second-order valence-corrected chi connectivity index (χ2v) is 5.52. The van der Waals surface area contributed by atoms with E-state index in [9.17, 15) is 0 Å². The van der Waals surface area contributed by atoms with Gasteiger partial charge < -0.3 is 5.73 Å². The van der Waals surface area contributed by atoms with Crippen LogP contribution in [-0.4, -0.2) is 20.2 Å². The summed E-state index contributed by atoms with van der Waals surface area (Å²) in [4.78, 5) is 8.45. The minimum atomic E-state index is 0.102. The first kappa shape index (κ1) is 14.7. The fourth-order valence-corrected chi connectivity index (χ4v) is 2.48. The highest BCUT2D eigenvalue weighted by molar-refractivity contribution is 6.30. The van der Waals surface area contributed by atoms with Crippen molar-refractivity contribution in [2.45, 2.75) is 6.92 Å². The lowest BCUT2D eigenvalue weighted by atomic mass is 10.0. The minimum absolute atomic E-state index is 0.102. The molecule has 5 nitrogen and oxygen atoms in total. The van der Waals surface area contributed by atoms with Crippen LogP contribution in [0.4, 0.5) is 5.95 Å². The van der Waals surface area contributed by atoms with Crippen LogP contribution in [0.25, 0.3) is 22.5 Å². The molecular weight excluding hydrogens is 321 g/mol. The maximum atomic E-state index is 6.03. The van der Waals surface area contributed by atoms with Crippen molar-refractivity contribution in [3.05, 3.63) is 52.3 Å². The summed E-state index contributed by atoms with van der Waals surface area (Å²) in [5, 5.41) is 9.04. The zero-order valence-electron chi connectivity index (χ0n) is 11.6. The summed E-state index contributed by atoms with van der Waals surface area (Å²) >= 11 is 12.0. The SMILES string of the molecule is Cc1cc(-c2nnc(N)nc2-c2ccc(Cl)cc2)cc(Cl)n1. The first-order valence-corrected chi connectivity index (χ1v) is 7.19. The molecule has 0 atom stereocenters. The van der Waals surface area contributed by atoms with Crippen LogP contribution in [0.15, 0.2) is 36.4 Å². The van der Waals surface area contributed by atoms with Gasteiger partial charge in [-0.25, -0.2) is 9.97 Å². The molecule has 22 heavy (non-hydrogen) atoms. The summed E-state index contributed by atoms with van der Waals surface area (Å²) in [7, 11) is 0. The maximum absolute atomic E-state index is 6.03. The maximum Gasteiger partial charge on any atom is 0.240 e. The summed E-state index contributed by atoms with van der Waals surface area (Å²) in [6.07, 6.45) is 0. The molecule has 3 rings (SSSR count). The van der Waals surface area contributed by atoms with Gasteiger partial charge in [0.25, 0.3) is 0 Å². The lowest BCUT2D eigenvalue weighted by Crippen LogP contribution is -2.02. The van der Waals surface area contributed by atoms with Crippen molar-refractivity contribution in [1.82, 2.24) is 20.2 Å². The molecule has 110 valence electrons. The van der Waals surface area contributed by atoms with Gasteiger partial charge in [0, 0.05) is 21.8 Å². The zero-order valence-corrected chi connectivity index (χ0v) is 13.1. The van der Waals surface area contributed by atoms with E-state index in [2.05, 4.69) is 20.2 Å². The van der Waals surface area contributed by atoms with Crippen molar-refractivity contribution in [1.29, 1.82) is 0 Å². The van der Waals surface area contributed by atoms with Gasteiger partial charge in [0.05, 0.1) is 0 Å². The van der Waals surface area contributed by atoms with Gasteiger partial charge in [-0.1, -0.05) is 35.3 Å². The number of hydrogen-bond donors (Lipinski definition) is 1. The number of aryl methyl sites for hydroxylation is 1.